The van der Waals surface area contributed by atoms with Gasteiger partial charge in [-0.3, -0.25) is 9.59 Å². The summed E-state index contributed by atoms with van der Waals surface area (Å²) in [7, 11) is 2.80. The van der Waals surface area contributed by atoms with E-state index < -0.39 is 11.7 Å². The van der Waals surface area contributed by atoms with E-state index in [4.69, 9.17) is 30.2 Å². The summed E-state index contributed by atoms with van der Waals surface area (Å²) < 4.78 is 34.7. The predicted octanol–water partition coefficient (Wildman–Crippen LogP) is 4.37. The normalized spacial score (nSPS) is 17.2. The molecule has 1 aliphatic rings. The molecule has 0 radical (unpaired) electrons. The number of aromatic nitrogens is 3. The third-order valence-electron chi connectivity index (χ3n) is 5.56. The van der Waals surface area contributed by atoms with Gasteiger partial charge in [-0.15, -0.1) is 5.10 Å². The topological polar surface area (TPSA) is 138 Å². The Morgan fingerprint density at radius 1 is 1.11 bits per heavy atom. The summed E-state index contributed by atoms with van der Waals surface area (Å²) in [6.45, 7) is 0. The largest absolute Gasteiger partial charge is 0.479 e. The lowest BCUT2D eigenvalue weighted by Crippen LogP contribution is -2.28. The van der Waals surface area contributed by atoms with E-state index in [1.54, 1.807) is 12.1 Å². The monoisotopic (exact) mass is 519 g/mol. The molecule has 1 amide bonds. The van der Waals surface area contributed by atoms with E-state index >= 15 is 0 Å². The summed E-state index contributed by atoms with van der Waals surface area (Å²) in [5, 5.41) is 12.7. The standard InChI is InChI=1S/C23H23ClFN5O6/c1-33-20-17(9-10-18(28-20)35-14-6-3-12(4-7-14)22(32)34-2)27-19(31)21-29-30-23(36-21)26-13-5-8-16(25)15(24)11-13/h5,8-12,14H,3-4,6-7H2,1-2H3,(H,26,30)(H,27,31)/t12-,14+. The van der Waals surface area contributed by atoms with Crippen LogP contribution in [0.2, 0.25) is 5.02 Å². The van der Waals surface area contributed by atoms with Gasteiger partial charge in [0.2, 0.25) is 11.8 Å². The molecule has 1 fully saturated rings. The highest BCUT2D eigenvalue weighted by Gasteiger charge is 2.28. The van der Waals surface area contributed by atoms with E-state index in [1.165, 1.54) is 32.4 Å². The van der Waals surface area contributed by atoms with E-state index in [0.29, 0.717) is 37.3 Å². The molecule has 0 aliphatic heterocycles. The molecule has 0 bridgehead atoms. The number of hydrogen-bond acceptors (Lipinski definition) is 10. The fourth-order valence-corrected chi connectivity index (χ4v) is 3.91. The van der Waals surface area contributed by atoms with Gasteiger partial charge in [-0.05, 0) is 49.9 Å². The van der Waals surface area contributed by atoms with Crippen molar-refractivity contribution < 1.29 is 32.6 Å². The highest BCUT2D eigenvalue weighted by atomic mass is 35.5. The maximum Gasteiger partial charge on any atom is 0.320 e. The first-order chi connectivity index (χ1) is 17.4. The summed E-state index contributed by atoms with van der Waals surface area (Å²) in [5.74, 6) is -1.44. The van der Waals surface area contributed by atoms with Crippen LogP contribution in [-0.2, 0) is 9.53 Å². The number of nitrogens with one attached hydrogen (secondary N) is 2. The van der Waals surface area contributed by atoms with Gasteiger partial charge in [-0.1, -0.05) is 16.7 Å². The molecule has 0 atom stereocenters. The van der Waals surface area contributed by atoms with Gasteiger partial charge in [-0.2, -0.15) is 4.98 Å². The molecule has 2 aromatic heterocycles. The van der Waals surface area contributed by atoms with Gasteiger partial charge in [0, 0.05) is 11.8 Å². The molecule has 2 N–H and O–H groups in total. The van der Waals surface area contributed by atoms with E-state index in [1.807, 2.05) is 0 Å². The quantitative estimate of drug-likeness (QED) is 0.412. The second kappa shape index (κ2) is 11.2. The first-order valence-corrected chi connectivity index (χ1v) is 11.4. The number of nitrogens with zero attached hydrogens (tertiary/aromatic N) is 3. The zero-order chi connectivity index (χ0) is 25.7. The lowest BCUT2D eigenvalue weighted by molar-refractivity contribution is -0.147. The maximum atomic E-state index is 13.3. The van der Waals surface area contributed by atoms with Crippen molar-refractivity contribution in [2.75, 3.05) is 24.9 Å². The smallest absolute Gasteiger partial charge is 0.320 e. The molecule has 1 aromatic carbocycles. The molecule has 1 saturated carbocycles. The molecule has 13 heteroatoms. The van der Waals surface area contributed by atoms with Gasteiger partial charge in [0.15, 0.2) is 0 Å². The Morgan fingerprint density at radius 2 is 1.89 bits per heavy atom. The summed E-state index contributed by atoms with van der Waals surface area (Å²) >= 11 is 5.75. The lowest BCUT2D eigenvalue weighted by Gasteiger charge is -2.27. The van der Waals surface area contributed by atoms with Gasteiger partial charge in [0.25, 0.3) is 0 Å². The van der Waals surface area contributed by atoms with E-state index in [2.05, 4.69) is 25.8 Å². The highest BCUT2D eigenvalue weighted by Crippen LogP contribution is 2.31. The number of esters is 1. The minimum Gasteiger partial charge on any atom is -0.479 e. The van der Waals surface area contributed by atoms with Crippen LogP contribution < -0.4 is 20.1 Å². The van der Waals surface area contributed by atoms with E-state index in [9.17, 15) is 14.0 Å². The third kappa shape index (κ3) is 6.00. The Hall–Kier alpha value is -3.93. The number of pyridine rings is 1. The summed E-state index contributed by atoms with van der Waals surface area (Å²) in [6.07, 6.45) is 2.65. The van der Waals surface area contributed by atoms with Crippen LogP contribution in [0.25, 0.3) is 0 Å². The Labute approximate surface area is 210 Å². The molecule has 11 nitrogen and oxygen atoms in total. The van der Waals surface area contributed by atoms with Crippen molar-refractivity contribution in [3.8, 4) is 11.8 Å². The van der Waals surface area contributed by atoms with Crippen LogP contribution >= 0.6 is 11.6 Å². The van der Waals surface area contributed by atoms with E-state index in [-0.39, 0.29) is 46.5 Å². The van der Waals surface area contributed by atoms with Gasteiger partial charge >= 0.3 is 23.8 Å². The van der Waals surface area contributed by atoms with Crippen LogP contribution in [0.3, 0.4) is 0 Å². The summed E-state index contributed by atoms with van der Waals surface area (Å²) in [4.78, 5) is 28.6. The van der Waals surface area contributed by atoms with Crippen molar-refractivity contribution in [2.45, 2.75) is 31.8 Å². The van der Waals surface area contributed by atoms with Crippen LogP contribution in [0.1, 0.15) is 36.4 Å². The molecule has 4 rings (SSSR count). The van der Waals surface area contributed by atoms with Crippen LogP contribution in [-0.4, -0.2) is 47.4 Å². The Balaban J connectivity index is 1.36. The number of hydrogen-bond donors (Lipinski definition) is 2. The molecule has 2 heterocycles. The van der Waals surface area contributed by atoms with Crippen LogP contribution in [0, 0.1) is 11.7 Å². The second-order valence-electron chi connectivity index (χ2n) is 7.94. The average molecular weight is 520 g/mol. The SMILES string of the molecule is COc1nc(O[C@H]2CC[C@@H](C(=O)OC)CC2)ccc1NC(=O)c1nnc(Nc2ccc(F)c(Cl)c2)o1. The van der Waals surface area contributed by atoms with Crippen molar-refractivity contribution in [3.05, 3.63) is 47.1 Å². The average Bonchev–Trinajstić information content (AvgIpc) is 3.35. The number of carbonyl (C=O) groups is 2. The number of benzene rings is 1. The minimum atomic E-state index is -0.692. The Kier molecular flexibility index (Phi) is 7.84. The number of ether oxygens (including phenoxy) is 3. The molecular formula is C23H23ClFN5O6. The number of methoxy groups -OCH3 is 2. The van der Waals surface area contributed by atoms with Gasteiger partial charge in [0.1, 0.15) is 17.6 Å². The Morgan fingerprint density at radius 3 is 2.58 bits per heavy atom. The molecular weight excluding hydrogens is 497 g/mol. The first-order valence-electron chi connectivity index (χ1n) is 11.0. The van der Waals surface area contributed by atoms with Crippen molar-refractivity contribution in [1.82, 2.24) is 15.2 Å². The predicted molar refractivity (Wildman–Crippen MR) is 126 cm³/mol. The Bertz CT molecular complexity index is 1250. The van der Waals surface area contributed by atoms with Crippen molar-refractivity contribution in [2.24, 2.45) is 5.92 Å². The molecule has 0 unspecified atom stereocenters. The molecule has 36 heavy (non-hydrogen) atoms. The minimum absolute atomic E-state index is 0.0846. The summed E-state index contributed by atoms with van der Waals surface area (Å²) in [6, 6.07) is 7.04. The fourth-order valence-electron chi connectivity index (χ4n) is 3.73. The maximum absolute atomic E-state index is 13.3. The van der Waals surface area contributed by atoms with Crippen LogP contribution in [0.5, 0.6) is 11.8 Å². The first kappa shape index (κ1) is 25.2. The van der Waals surface area contributed by atoms with Crippen molar-refractivity contribution in [3.63, 3.8) is 0 Å². The van der Waals surface area contributed by atoms with Gasteiger partial charge in [0.05, 0.1) is 25.2 Å². The van der Waals surface area contributed by atoms with Gasteiger partial charge in [-0.25, -0.2) is 4.39 Å². The van der Waals surface area contributed by atoms with Gasteiger partial charge < -0.3 is 29.3 Å². The van der Waals surface area contributed by atoms with Crippen LogP contribution in [0.15, 0.2) is 34.7 Å². The highest BCUT2D eigenvalue weighted by molar-refractivity contribution is 6.31. The molecule has 3 aromatic rings. The van der Waals surface area contributed by atoms with Crippen molar-refractivity contribution in [1.29, 1.82) is 0 Å². The molecule has 0 saturated heterocycles. The zero-order valence-electron chi connectivity index (χ0n) is 19.4. The zero-order valence-corrected chi connectivity index (χ0v) is 20.2. The molecule has 190 valence electrons. The second-order valence-corrected chi connectivity index (χ2v) is 8.35. The fraction of sp³-hybridized carbons (Fsp3) is 0.348. The van der Waals surface area contributed by atoms with E-state index in [0.717, 1.165) is 0 Å². The number of anilines is 3. The number of carbonyl (C=O) groups excluding carboxylic acids is 2. The number of rotatable bonds is 8. The third-order valence-corrected chi connectivity index (χ3v) is 5.85. The van der Waals surface area contributed by atoms with Crippen molar-refractivity contribution >= 4 is 40.9 Å². The number of amides is 1. The lowest BCUT2D eigenvalue weighted by atomic mass is 9.87. The van der Waals surface area contributed by atoms with Crippen LogP contribution in [0.4, 0.5) is 21.8 Å². The molecule has 1 aliphatic carbocycles. The number of halogens is 2. The summed E-state index contributed by atoms with van der Waals surface area (Å²) in [5.41, 5.74) is 0.666. The molecule has 0 spiro atoms.